The van der Waals surface area contributed by atoms with Crippen molar-refractivity contribution in [2.75, 3.05) is 41.7 Å². The van der Waals surface area contributed by atoms with Gasteiger partial charge in [-0.25, -0.2) is 0 Å². The molecule has 2 aromatic rings. The Balaban J connectivity index is 0.000000303. The minimum absolute atomic E-state index is 0.0981. The number of nitrogens with zero attached hydrogens (tertiary/aromatic N) is 3. The summed E-state index contributed by atoms with van der Waals surface area (Å²) in [4.78, 5) is 14.3. The van der Waals surface area contributed by atoms with E-state index in [4.69, 9.17) is 5.73 Å². The molecule has 0 spiro atoms. The van der Waals surface area contributed by atoms with Crippen molar-refractivity contribution in [3.05, 3.63) is 109 Å². The molecule has 0 aliphatic rings. The Labute approximate surface area is 179 Å². The average molecular weight is 407 g/mol. The molecule has 0 radical (unpaired) electrons. The summed E-state index contributed by atoms with van der Waals surface area (Å²) in [5.74, 6) is 0. The van der Waals surface area contributed by atoms with E-state index in [-0.39, 0.29) is 5.69 Å². The predicted molar refractivity (Wildman–Crippen MR) is 129 cm³/mol. The van der Waals surface area contributed by atoms with Gasteiger partial charge in [-0.1, -0.05) is 24.3 Å². The van der Waals surface area contributed by atoms with Crippen molar-refractivity contribution in [3.8, 4) is 0 Å². The summed E-state index contributed by atoms with van der Waals surface area (Å²) in [6.07, 6.45) is 7.32. The highest BCUT2D eigenvalue weighted by atomic mass is 16.6. The van der Waals surface area contributed by atoms with E-state index in [1.165, 1.54) is 12.1 Å². The molecule has 0 atom stereocenters. The lowest BCUT2D eigenvalue weighted by atomic mass is 10.2. The fraction of sp³-hybridized carbons (Fsp3) is 0.167. The van der Waals surface area contributed by atoms with E-state index in [0.29, 0.717) is 13.1 Å². The van der Waals surface area contributed by atoms with Crippen LogP contribution in [0.3, 0.4) is 0 Å². The molecule has 2 rings (SSSR count). The number of rotatable bonds is 11. The molecular weight excluding hydrogens is 376 g/mol. The molecule has 30 heavy (non-hydrogen) atoms. The molecule has 2 N–H and O–H groups in total. The second kappa shape index (κ2) is 13.4. The zero-order chi connectivity index (χ0) is 22.4. The van der Waals surface area contributed by atoms with Crippen molar-refractivity contribution in [1.82, 2.24) is 0 Å². The molecule has 0 aromatic heterocycles. The van der Waals surface area contributed by atoms with Crippen LogP contribution in [-0.2, 0) is 0 Å². The van der Waals surface area contributed by atoms with Crippen molar-refractivity contribution in [2.24, 2.45) is 0 Å². The van der Waals surface area contributed by atoms with Crippen molar-refractivity contribution >= 4 is 22.7 Å². The van der Waals surface area contributed by atoms with Crippen molar-refractivity contribution in [1.29, 1.82) is 0 Å². The Hall–Kier alpha value is -3.80. The summed E-state index contributed by atoms with van der Waals surface area (Å²) in [6.45, 7) is 17.8. The van der Waals surface area contributed by atoms with Gasteiger partial charge in [-0.15, -0.1) is 26.3 Å². The highest BCUT2D eigenvalue weighted by Crippen LogP contribution is 2.19. The van der Waals surface area contributed by atoms with Crippen LogP contribution in [-0.4, -0.2) is 31.1 Å². The highest BCUT2D eigenvalue weighted by molar-refractivity contribution is 5.54. The Morgan fingerprint density at radius 3 is 1.37 bits per heavy atom. The van der Waals surface area contributed by atoms with Gasteiger partial charge in [-0.2, -0.15) is 0 Å². The first-order valence-corrected chi connectivity index (χ1v) is 9.50. The molecule has 158 valence electrons. The quantitative estimate of drug-likeness (QED) is 0.240. The second-order valence-corrected chi connectivity index (χ2v) is 6.33. The normalized spacial score (nSPS) is 9.47. The van der Waals surface area contributed by atoms with E-state index >= 15 is 0 Å². The second-order valence-electron chi connectivity index (χ2n) is 6.33. The zero-order valence-electron chi connectivity index (χ0n) is 17.3. The first-order valence-electron chi connectivity index (χ1n) is 9.50. The molecule has 0 amide bonds. The fourth-order valence-corrected chi connectivity index (χ4v) is 2.66. The maximum absolute atomic E-state index is 10.5. The first-order chi connectivity index (χ1) is 14.5. The molecule has 0 aliphatic carbocycles. The van der Waals surface area contributed by atoms with E-state index in [9.17, 15) is 10.1 Å². The summed E-state index contributed by atoms with van der Waals surface area (Å²) >= 11 is 0. The standard InChI is InChI=1S/C12H14N2O2.C12H16N2/c1-3-9-13(10-4-2)11-5-7-12(8-6-11)14(15)16;1-3-9-14(10-4-2)12-7-5-11(13)6-8-12/h3-8H,1-2,9-10H2;3-8H,1-2,9-10,13H2. The molecule has 0 saturated heterocycles. The average Bonchev–Trinajstić information content (AvgIpc) is 2.74. The maximum atomic E-state index is 10.5. The molecule has 0 saturated carbocycles. The van der Waals surface area contributed by atoms with Gasteiger partial charge in [0.2, 0.25) is 0 Å². The molecule has 0 unspecified atom stereocenters. The summed E-state index contributed by atoms with van der Waals surface area (Å²) in [7, 11) is 0. The maximum Gasteiger partial charge on any atom is 0.269 e. The minimum Gasteiger partial charge on any atom is -0.399 e. The van der Waals surface area contributed by atoms with Gasteiger partial charge in [-0.3, -0.25) is 10.1 Å². The third kappa shape index (κ3) is 8.06. The van der Waals surface area contributed by atoms with Crippen LogP contribution in [0.1, 0.15) is 0 Å². The van der Waals surface area contributed by atoms with Crippen molar-refractivity contribution in [2.45, 2.75) is 0 Å². The summed E-state index contributed by atoms with van der Waals surface area (Å²) in [5.41, 5.74) is 8.56. The largest absolute Gasteiger partial charge is 0.399 e. The highest BCUT2D eigenvalue weighted by Gasteiger charge is 2.07. The summed E-state index contributed by atoms with van der Waals surface area (Å²) in [5, 5.41) is 10.5. The molecule has 6 nitrogen and oxygen atoms in total. The van der Waals surface area contributed by atoms with Gasteiger partial charge in [0.15, 0.2) is 0 Å². The van der Waals surface area contributed by atoms with Crippen LogP contribution in [0.5, 0.6) is 0 Å². The number of benzene rings is 2. The van der Waals surface area contributed by atoms with Crippen molar-refractivity contribution in [3.63, 3.8) is 0 Å². The van der Waals surface area contributed by atoms with Gasteiger partial charge in [0.05, 0.1) is 4.92 Å². The Morgan fingerprint density at radius 2 is 1.07 bits per heavy atom. The fourth-order valence-electron chi connectivity index (χ4n) is 2.66. The number of nitrogens with two attached hydrogens (primary N) is 1. The number of hydrogen-bond donors (Lipinski definition) is 1. The summed E-state index contributed by atoms with van der Waals surface area (Å²) < 4.78 is 0. The molecule has 0 bridgehead atoms. The SMILES string of the molecule is C=CCN(CC=C)c1ccc(N)cc1.C=CCN(CC=C)c1ccc([N+](=O)[O-])cc1. The van der Waals surface area contributed by atoms with Gasteiger partial charge < -0.3 is 15.5 Å². The van der Waals surface area contributed by atoms with E-state index in [1.54, 1.807) is 24.3 Å². The number of non-ortho nitro benzene ring substituents is 1. The zero-order valence-corrected chi connectivity index (χ0v) is 17.3. The summed E-state index contributed by atoms with van der Waals surface area (Å²) in [6, 6.07) is 14.2. The predicted octanol–water partition coefficient (Wildman–Crippen LogP) is 5.22. The monoisotopic (exact) mass is 406 g/mol. The molecule has 6 heteroatoms. The molecule has 0 fully saturated rings. The number of anilines is 3. The van der Waals surface area contributed by atoms with E-state index in [1.807, 2.05) is 41.3 Å². The van der Waals surface area contributed by atoms with Gasteiger partial charge in [0.1, 0.15) is 0 Å². The van der Waals surface area contributed by atoms with Gasteiger partial charge in [0, 0.05) is 55.4 Å². The molecule has 0 aliphatic heterocycles. The Kier molecular flexibility index (Phi) is 10.8. The van der Waals surface area contributed by atoms with Crippen LogP contribution in [0.2, 0.25) is 0 Å². The van der Waals surface area contributed by atoms with Crippen LogP contribution >= 0.6 is 0 Å². The van der Waals surface area contributed by atoms with Crippen LogP contribution in [0.4, 0.5) is 22.7 Å². The number of hydrogen-bond acceptors (Lipinski definition) is 5. The lowest BCUT2D eigenvalue weighted by Crippen LogP contribution is -2.22. The van der Waals surface area contributed by atoms with Crippen LogP contribution in [0.25, 0.3) is 0 Å². The van der Waals surface area contributed by atoms with E-state index in [0.717, 1.165) is 30.2 Å². The lowest BCUT2D eigenvalue weighted by Gasteiger charge is -2.21. The van der Waals surface area contributed by atoms with Gasteiger partial charge in [0.25, 0.3) is 5.69 Å². The number of nitro benzene ring substituents is 1. The molecule has 2 aromatic carbocycles. The van der Waals surface area contributed by atoms with Gasteiger partial charge in [-0.05, 0) is 36.4 Å². The lowest BCUT2D eigenvalue weighted by molar-refractivity contribution is -0.384. The minimum atomic E-state index is -0.408. The van der Waals surface area contributed by atoms with Crippen LogP contribution < -0.4 is 15.5 Å². The van der Waals surface area contributed by atoms with Crippen molar-refractivity contribution < 1.29 is 4.92 Å². The topological polar surface area (TPSA) is 75.6 Å². The third-order valence-electron chi connectivity index (χ3n) is 4.08. The molecule has 0 heterocycles. The van der Waals surface area contributed by atoms with Gasteiger partial charge >= 0.3 is 0 Å². The Morgan fingerprint density at radius 1 is 0.733 bits per heavy atom. The third-order valence-corrected chi connectivity index (χ3v) is 4.08. The van der Waals surface area contributed by atoms with Crippen LogP contribution in [0, 0.1) is 10.1 Å². The number of nitro groups is 1. The number of nitrogen functional groups attached to an aromatic ring is 1. The smallest absolute Gasteiger partial charge is 0.269 e. The Bertz CT molecular complexity index is 809. The van der Waals surface area contributed by atoms with E-state index < -0.39 is 4.92 Å². The van der Waals surface area contributed by atoms with E-state index in [2.05, 4.69) is 31.2 Å². The molecular formula is C24H30N4O2. The first kappa shape index (κ1) is 24.2. The van der Waals surface area contributed by atoms with Crippen LogP contribution in [0.15, 0.2) is 99.2 Å².